The minimum absolute atomic E-state index is 0.172. The number of rotatable bonds is 3. The Hall–Kier alpha value is -1.70. The summed E-state index contributed by atoms with van der Waals surface area (Å²) in [7, 11) is 0. The molecule has 22 heavy (non-hydrogen) atoms. The second-order valence-corrected chi connectivity index (χ2v) is 6.50. The van der Waals surface area contributed by atoms with E-state index in [0.717, 1.165) is 44.5 Å². The highest BCUT2D eigenvalue weighted by molar-refractivity contribution is 9.10. The van der Waals surface area contributed by atoms with Crippen LogP contribution in [-0.4, -0.2) is 43.4 Å². The minimum atomic E-state index is 0.172. The van der Waals surface area contributed by atoms with Crippen LogP contribution in [0, 0.1) is 11.3 Å². The van der Waals surface area contributed by atoms with Gasteiger partial charge in [0, 0.05) is 26.6 Å². The van der Waals surface area contributed by atoms with E-state index in [-0.39, 0.29) is 11.4 Å². The molecule has 1 aliphatic rings. The third kappa shape index (κ3) is 3.06. The fourth-order valence-corrected chi connectivity index (χ4v) is 3.34. The summed E-state index contributed by atoms with van der Waals surface area (Å²) >= 11 is 3.31. The molecular weight excluding hydrogens is 348 g/mol. The number of aromatic nitrogens is 4. The average Bonchev–Trinajstić information content (AvgIpc) is 2.90. The van der Waals surface area contributed by atoms with Crippen LogP contribution >= 0.6 is 15.9 Å². The highest BCUT2D eigenvalue weighted by Gasteiger charge is 2.20. The predicted molar refractivity (Wildman–Crippen MR) is 85.0 cm³/mol. The smallest absolute Gasteiger partial charge is 0.219 e. The molecule has 2 N–H and O–H groups in total. The molecule has 0 atom stereocenters. The zero-order valence-electron chi connectivity index (χ0n) is 12.5. The molecule has 8 heteroatoms. The molecule has 1 fully saturated rings. The Kier molecular flexibility index (Phi) is 4.28. The summed E-state index contributed by atoms with van der Waals surface area (Å²) in [5.74, 6) is 0.794. The molecule has 1 aliphatic heterocycles. The topological polar surface area (TPSA) is 90.7 Å². The first-order valence-electron chi connectivity index (χ1n) is 7.45. The number of halogens is 1. The zero-order valence-corrected chi connectivity index (χ0v) is 14.1. The molecule has 3 rings (SSSR count). The fourth-order valence-electron chi connectivity index (χ4n) is 2.98. The van der Waals surface area contributed by atoms with E-state index in [1.54, 1.807) is 13.3 Å². The Bertz CT molecular complexity index is 743. The van der Waals surface area contributed by atoms with E-state index in [1.165, 1.54) is 0 Å². The van der Waals surface area contributed by atoms with Crippen molar-refractivity contribution < 1.29 is 4.79 Å². The van der Waals surface area contributed by atoms with E-state index < -0.39 is 0 Å². The van der Waals surface area contributed by atoms with Crippen LogP contribution in [0.15, 0.2) is 11.1 Å². The van der Waals surface area contributed by atoms with Gasteiger partial charge in [-0.25, -0.2) is 9.97 Å². The third-order valence-electron chi connectivity index (χ3n) is 4.33. The lowest BCUT2D eigenvalue weighted by atomic mass is 9.93. The van der Waals surface area contributed by atoms with E-state index in [9.17, 15) is 4.79 Å². The number of likely N-dealkylation sites (tertiary alicyclic amines) is 1. The Balaban J connectivity index is 1.66. The van der Waals surface area contributed by atoms with E-state index >= 15 is 0 Å². The number of H-pyrrole nitrogens is 1. The van der Waals surface area contributed by atoms with Crippen molar-refractivity contribution in [2.24, 2.45) is 5.92 Å². The average molecular weight is 367 g/mol. The van der Waals surface area contributed by atoms with Gasteiger partial charge in [0.1, 0.15) is 5.52 Å². The second-order valence-electron chi connectivity index (χ2n) is 5.75. The van der Waals surface area contributed by atoms with Gasteiger partial charge in [-0.15, -0.1) is 0 Å². The van der Waals surface area contributed by atoms with E-state index in [0.29, 0.717) is 16.2 Å². The highest BCUT2D eigenvalue weighted by Crippen LogP contribution is 2.22. The molecule has 0 bridgehead atoms. The Labute approximate surface area is 136 Å². The predicted octanol–water partition coefficient (Wildman–Crippen LogP) is 1.65. The Morgan fingerprint density at radius 3 is 2.91 bits per heavy atom. The molecule has 0 spiro atoms. The monoisotopic (exact) mass is 366 g/mol. The van der Waals surface area contributed by atoms with Crippen molar-refractivity contribution in [3.05, 3.63) is 16.5 Å². The van der Waals surface area contributed by atoms with Gasteiger partial charge < -0.3 is 14.5 Å². The van der Waals surface area contributed by atoms with Gasteiger partial charge in [-0.05, 0) is 41.1 Å². The van der Waals surface area contributed by atoms with Crippen molar-refractivity contribution in [2.75, 3.05) is 13.1 Å². The van der Waals surface area contributed by atoms with E-state index in [2.05, 4.69) is 30.9 Å². The van der Waals surface area contributed by atoms with Crippen LogP contribution in [-0.2, 0) is 11.3 Å². The van der Waals surface area contributed by atoms with Gasteiger partial charge >= 0.3 is 0 Å². The van der Waals surface area contributed by atoms with Gasteiger partial charge in [-0.3, -0.25) is 10.2 Å². The molecule has 1 saturated heterocycles. The maximum absolute atomic E-state index is 11.3. The summed E-state index contributed by atoms with van der Waals surface area (Å²) in [6.07, 6.45) is 4.83. The first kappa shape index (κ1) is 15.2. The SMILES string of the molecule is CC(=O)N1CCC(CCn2cnc(=N)c3[nH]c(Br)nc32)CC1. The molecule has 2 aromatic rings. The fraction of sp³-hybridized carbons (Fsp3) is 0.571. The number of carbonyl (C=O) groups is 1. The molecule has 0 aliphatic carbocycles. The number of nitrogens with zero attached hydrogens (tertiary/aromatic N) is 4. The van der Waals surface area contributed by atoms with E-state index in [4.69, 9.17) is 5.41 Å². The van der Waals surface area contributed by atoms with Crippen LogP contribution in [0.4, 0.5) is 0 Å². The Morgan fingerprint density at radius 2 is 2.23 bits per heavy atom. The van der Waals surface area contributed by atoms with Gasteiger partial charge in [0.2, 0.25) is 5.91 Å². The third-order valence-corrected chi connectivity index (χ3v) is 4.70. The molecule has 7 nitrogen and oxygen atoms in total. The van der Waals surface area contributed by atoms with Gasteiger partial charge in [-0.2, -0.15) is 0 Å². The summed E-state index contributed by atoms with van der Waals surface area (Å²) < 4.78 is 2.61. The number of nitrogens with one attached hydrogen (secondary N) is 2. The first-order valence-corrected chi connectivity index (χ1v) is 8.24. The molecule has 2 aromatic heterocycles. The maximum atomic E-state index is 11.3. The number of hydrogen-bond acceptors (Lipinski definition) is 4. The van der Waals surface area contributed by atoms with Crippen molar-refractivity contribution >= 4 is 33.0 Å². The number of aryl methyl sites for hydroxylation is 1. The highest BCUT2D eigenvalue weighted by atomic mass is 79.9. The summed E-state index contributed by atoms with van der Waals surface area (Å²) in [6.45, 7) is 4.18. The lowest BCUT2D eigenvalue weighted by Gasteiger charge is -2.31. The number of aromatic amines is 1. The largest absolute Gasteiger partial charge is 0.343 e. The quantitative estimate of drug-likeness (QED) is 0.809. The molecule has 3 heterocycles. The first-order chi connectivity index (χ1) is 10.5. The molecule has 0 aromatic carbocycles. The van der Waals surface area contributed by atoms with Gasteiger partial charge in [0.15, 0.2) is 15.9 Å². The number of amides is 1. The maximum Gasteiger partial charge on any atom is 0.219 e. The molecule has 1 amide bonds. The lowest BCUT2D eigenvalue weighted by molar-refractivity contribution is -0.130. The summed E-state index contributed by atoms with van der Waals surface area (Å²) in [4.78, 5) is 24.8. The van der Waals surface area contributed by atoms with Crippen molar-refractivity contribution in [1.29, 1.82) is 5.41 Å². The zero-order chi connectivity index (χ0) is 15.7. The van der Waals surface area contributed by atoms with Gasteiger partial charge in [-0.1, -0.05) is 0 Å². The number of piperidine rings is 1. The van der Waals surface area contributed by atoms with Crippen molar-refractivity contribution in [2.45, 2.75) is 32.7 Å². The molecule has 0 radical (unpaired) electrons. The summed E-state index contributed by atoms with van der Waals surface area (Å²) in [5.41, 5.74) is 1.62. The number of hydrogen-bond donors (Lipinski definition) is 2. The van der Waals surface area contributed by atoms with Crippen LogP contribution in [0.25, 0.3) is 11.2 Å². The normalized spacial score (nSPS) is 16.4. The van der Waals surface area contributed by atoms with E-state index in [1.807, 2.05) is 9.47 Å². The van der Waals surface area contributed by atoms with Crippen molar-refractivity contribution in [3.63, 3.8) is 0 Å². The summed E-state index contributed by atoms with van der Waals surface area (Å²) in [5, 5.41) is 7.81. The summed E-state index contributed by atoms with van der Waals surface area (Å²) in [6, 6.07) is 0. The Morgan fingerprint density at radius 1 is 1.50 bits per heavy atom. The number of fused-ring (bicyclic) bond motifs is 1. The van der Waals surface area contributed by atoms with Gasteiger partial charge in [0.25, 0.3) is 0 Å². The van der Waals surface area contributed by atoms with Crippen molar-refractivity contribution in [1.82, 2.24) is 24.4 Å². The second kappa shape index (κ2) is 6.20. The van der Waals surface area contributed by atoms with Crippen LogP contribution < -0.4 is 5.49 Å². The van der Waals surface area contributed by atoms with Crippen molar-refractivity contribution in [3.8, 4) is 0 Å². The minimum Gasteiger partial charge on any atom is -0.343 e. The van der Waals surface area contributed by atoms with Crippen LogP contribution in [0.3, 0.4) is 0 Å². The van der Waals surface area contributed by atoms with Crippen LogP contribution in [0.2, 0.25) is 0 Å². The lowest BCUT2D eigenvalue weighted by Crippen LogP contribution is -2.37. The molecule has 118 valence electrons. The van der Waals surface area contributed by atoms with Crippen LogP contribution in [0.5, 0.6) is 0 Å². The molecular formula is C14H19BrN6O. The molecule has 0 unspecified atom stereocenters. The van der Waals surface area contributed by atoms with Crippen LogP contribution in [0.1, 0.15) is 26.2 Å². The number of carbonyl (C=O) groups excluding carboxylic acids is 1. The standard InChI is InChI=1S/C14H19BrN6O/c1-9(22)20-5-2-10(3-6-20)4-7-21-8-17-12(16)11-13(21)19-14(15)18-11/h8,10,16H,2-7H2,1H3,(H,18,19). The van der Waals surface area contributed by atoms with Gasteiger partial charge in [0.05, 0.1) is 6.33 Å². The number of imidazole rings is 1. The molecule has 0 saturated carbocycles.